The van der Waals surface area contributed by atoms with Gasteiger partial charge in [-0.3, -0.25) is 4.79 Å². The summed E-state index contributed by atoms with van der Waals surface area (Å²) in [5.74, 6) is -0.909. The van der Waals surface area contributed by atoms with Gasteiger partial charge in [-0.25, -0.2) is 4.79 Å². The summed E-state index contributed by atoms with van der Waals surface area (Å²) < 4.78 is 0. The number of carboxylic acids is 1. The zero-order valence-electron chi connectivity index (χ0n) is 12.2. The molecule has 2 rings (SSSR count). The predicted molar refractivity (Wildman–Crippen MR) is 76.4 cm³/mol. The second kappa shape index (κ2) is 5.27. The highest BCUT2D eigenvalue weighted by atomic mass is 16.4. The van der Waals surface area contributed by atoms with E-state index in [1.54, 1.807) is 0 Å². The van der Waals surface area contributed by atoms with Gasteiger partial charge in [-0.15, -0.1) is 0 Å². The molecule has 0 bridgehead atoms. The molecular formula is C16H21NO3. The van der Waals surface area contributed by atoms with Crippen molar-refractivity contribution in [1.82, 2.24) is 4.90 Å². The minimum Gasteiger partial charge on any atom is -0.480 e. The molecule has 0 radical (unpaired) electrons. The summed E-state index contributed by atoms with van der Waals surface area (Å²) in [6.07, 6.45) is 0.487. The molecule has 0 unspecified atom stereocenters. The monoisotopic (exact) mass is 275 g/mol. The third-order valence-corrected chi connectivity index (χ3v) is 3.76. The number of likely N-dealkylation sites (tertiary alicyclic amines) is 1. The predicted octanol–water partition coefficient (Wildman–Crippen LogP) is 2.50. The van der Waals surface area contributed by atoms with Gasteiger partial charge in [0.15, 0.2) is 0 Å². The Balaban J connectivity index is 2.24. The normalized spacial score (nSPS) is 22.9. The first-order valence-corrected chi connectivity index (χ1v) is 6.89. The Morgan fingerprint density at radius 3 is 2.30 bits per heavy atom. The van der Waals surface area contributed by atoms with Crippen LogP contribution in [0.3, 0.4) is 0 Å². The van der Waals surface area contributed by atoms with Crippen molar-refractivity contribution in [3.63, 3.8) is 0 Å². The minimum absolute atomic E-state index is 0.0941. The molecule has 1 N–H and O–H groups in total. The summed E-state index contributed by atoms with van der Waals surface area (Å²) >= 11 is 0. The van der Waals surface area contributed by atoms with E-state index in [0.29, 0.717) is 13.0 Å². The lowest BCUT2D eigenvalue weighted by atomic mass is 9.94. The highest BCUT2D eigenvalue weighted by Crippen LogP contribution is 2.34. The molecule has 1 amide bonds. The first kappa shape index (κ1) is 14.6. The lowest BCUT2D eigenvalue weighted by molar-refractivity contribution is -0.151. The van der Waals surface area contributed by atoms with Gasteiger partial charge in [-0.05, 0) is 12.0 Å². The van der Waals surface area contributed by atoms with Crippen molar-refractivity contribution in [2.75, 3.05) is 6.54 Å². The van der Waals surface area contributed by atoms with E-state index in [-0.39, 0.29) is 11.8 Å². The molecule has 4 nitrogen and oxygen atoms in total. The molecule has 0 aliphatic carbocycles. The molecule has 1 aromatic rings. The zero-order chi connectivity index (χ0) is 14.9. The summed E-state index contributed by atoms with van der Waals surface area (Å²) in [5, 5.41) is 9.37. The molecule has 0 spiro atoms. The van der Waals surface area contributed by atoms with Gasteiger partial charge < -0.3 is 10.0 Å². The van der Waals surface area contributed by atoms with Gasteiger partial charge in [0.05, 0.1) is 0 Å². The van der Waals surface area contributed by atoms with Crippen molar-refractivity contribution in [1.29, 1.82) is 0 Å². The Kier molecular flexibility index (Phi) is 3.84. The second-order valence-electron chi connectivity index (χ2n) is 6.40. The SMILES string of the molecule is CC(C)(C)C(=O)N1C[C@H](c2ccccc2)C[C@H]1C(=O)O. The van der Waals surface area contributed by atoms with Crippen molar-refractivity contribution < 1.29 is 14.7 Å². The third-order valence-electron chi connectivity index (χ3n) is 3.76. The van der Waals surface area contributed by atoms with Crippen LogP contribution in [0.25, 0.3) is 0 Å². The smallest absolute Gasteiger partial charge is 0.326 e. The molecule has 1 fully saturated rings. The largest absolute Gasteiger partial charge is 0.480 e. The zero-order valence-corrected chi connectivity index (χ0v) is 12.2. The van der Waals surface area contributed by atoms with Crippen molar-refractivity contribution in [3.05, 3.63) is 35.9 Å². The van der Waals surface area contributed by atoms with Gasteiger partial charge in [0.1, 0.15) is 6.04 Å². The molecule has 1 aromatic carbocycles. The fourth-order valence-electron chi connectivity index (χ4n) is 2.69. The molecular weight excluding hydrogens is 254 g/mol. The number of carbonyl (C=O) groups is 2. The number of hydrogen-bond donors (Lipinski definition) is 1. The standard InChI is InChI=1S/C16H21NO3/c1-16(2,3)15(20)17-10-12(9-13(17)14(18)19)11-7-5-4-6-8-11/h4-8,12-13H,9-10H2,1-3H3,(H,18,19)/t12-,13+/m1/s1. The molecule has 1 aliphatic heterocycles. The van der Waals surface area contributed by atoms with Crippen LogP contribution in [0.2, 0.25) is 0 Å². The van der Waals surface area contributed by atoms with E-state index < -0.39 is 17.4 Å². The molecule has 20 heavy (non-hydrogen) atoms. The maximum absolute atomic E-state index is 12.4. The summed E-state index contributed by atoms with van der Waals surface area (Å²) in [5.41, 5.74) is 0.544. The van der Waals surface area contributed by atoms with E-state index in [4.69, 9.17) is 0 Å². The van der Waals surface area contributed by atoms with Crippen LogP contribution in [-0.4, -0.2) is 34.5 Å². The van der Waals surface area contributed by atoms with Crippen molar-refractivity contribution in [2.24, 2.45) is 5.41 Å². The highest BCUT2D eigenvalue weighted by molar-refractivity contribution is 5.87. The van der Waals surface area contributed by atoms with E-state index in [0.717, 1.165) is 5.56 Å². The summed E-state index contributed by atoms with van der Waals surface area (Å²) in [6.45, 7) is 5.95. The number of rotatable bonds is 2. The average Bonchev–Trinajstić information content (AvgIpc) is 2.82. The van der Waals surface area contributed by atoms with Crippen molar-refractivity contribution in [3.8, 4) is 0 Å². The minimum atomic E-state index is -0.916. The number of benzene rings is 1. The van der Waals surface area contributed by atoms with Gasteiger partial charge in [-0.1, -0.05) is 51.1 Å². The molecule has 0 aromatic heterocycles. The number of nitrogens with zero attached hydrogens (tertiary/aromatic N) is 1. The van der Waals surface area contributed by atoms with E-state index in [1.807, 2.05) is 51.1 Å². The van der Waals surface area contributed by atoms with E-state index in [2.05, 4.69) is 0 Å². The fourth-order valence-corrected chi connectivity index (χ4v) is 2.69. The van der Waals surface area contributed by atoms with E-state index in [9.17, 15) is 14.7 Å². The highest BCUT2D eigenvalue weighted by Gasteiger charge is 2.43. The summed E-state index contributed by atoms with van der Waals surface area (Å²) in [7, 11) is 0. The molecule has 1 aliphatic rings. The number of aliphatic carboxylic acids is 1. The van der Waals surface area contributed by atoms with Crippen LogP contribution in [0.5, 0.6) is 0 Å². The fraction of sp³-hybridized carbons (Fsp3) is 0.500. The molecule has 1 saturated heterocycles. The van der Waals surface area contributed by atoms with Crippen LogP contribution in [0.15, 0.2) is 30.3 Å². The quantitative estimate of drug-likeness (QED) is 0.902. The second-order valence-corrected chi connectivity index (χ2v) is 6.40. The molecule has 2 atom stereocenters. The Morgan fingerprint density at radius 2 is 1.80 bits per heavy atom. The summed E-state index contributed by atoms with van der Waals surface area (Å²) in [6, 6.07) is 9.10. The lowest BCUT2D eigenvalue weighted by Gasteiger charge is -2.28. The Hall–Kier alpha value is -1.84. The number of amides is 1. The van der Waals surface area contributed by atoms with Crippen LogP contribution in [-0.2, 0) is 9.59 Å². The summed E-state index contributed by atoms with van der Waals surface area (Å²) in [4.78, 5) is 25.4. The number of carboxylic acid groups (broad SMARTS) is 1. The van der Waals surface area contributed by atoms with Crippen molar-refractivity contribution >= 4 is 11.9 Å². The van der Waals surface area contributed by atoms with Crippen molar-refractivity contribution in [2.45, 2.75) is 39.2 Å². The maximum Gasteiger partial charge on any atom is 0.326 e. The number of carbonyl (C=O) groups excluding carboxylic acids is 1. The Labute approximate surface area is 119 Å². The Bertz CT molecular complexity index is 504. The average molecular weight is 275 g/mol. The third kappa shape index (κ3) is 2.84. The van der Waals surface area contributed by atoms with E-state index in [1.165, 1.54) is 4.90 Å². The van der Waals surface area contributed by atoms with Gasteiger partial charge in [-0.2, -0.15) is 0 Å². The molecule has 1 heterocycles. The van der Waals surface area contributed by atoms with Gasteiger partial charge >= 0.3 is 5.97 Å². The molecule has 4 heteroatoms. The van der Waals surface area contributed by atoms with Gasteiger partial charge in [0.2, 0.25) is 5.91 Å². The van der Waals surface area contributed by atoms with Crippen LogP contribution < -0.4 is 0 Å². The van der Waals surface area contributed by atoms with Crippen LogP contribution in [0.4, 0.5) is 0 Å². The lowest BCUT2D eigenvalue weighted by Crippen LogP contribution is -2.45. The Morgan fingerprint density at radius 1 is 1.20 bits per heavy atom. The topological polar surface area (TPSA) is 57.6 Å². The van der Waals surface area contributed by atoms with Crippen LogP contribution >= 0.6 is 0 Å². The maximum atomic E-state index is 12.4. The van der Waals surface area contributed by atoms with Gasteiger partial charge in [0.25, 0.3) is 0 Å². The number of hydrogen-bond acceptors (Lipinski definition) is 2. The first-order chi connectivity index (χ1) is 9.30. The molecule has 0 saturated carbocycles. The van der Waals surface area contributed by atoms with Crippen LogP contribution in [0.1, 0.15) is 38.7 Å². The van der Waals surface area contributed by atoms with Gasteiger partial charge in [0, 0.05) is 17.9 Å². The first-order valence-electron chi connectivity index (χ1n) is 6.89. The molecule has 108 valence electrons. The van der Waals surface area contributed by atoms with E-state index >= 15 is 0 Å². The van der Waals surface area contributed by atoms with Crippen LogP contribution in [0, 0.1) is 5.41 Å².